The molecule has 0 bridgehead atoms. The lowest BCUT2D eigenvalue weighted by Gasteiger charge is -2.35. The number of esters is 1. The lowest BCUT2D eigenvalue weighted by atomic mass is 9.91. The Morgan fingerprint density at radius 3 is 2.44 bits per heavy atom. The van der Waals surface area contributed by atoms with Crippen LogP contribution in [-0.2, 0) is 14.3 Å². The molecule has 6 heteroatoms. The predicted molar refractivity (Wildman–Crippen MR) is 61.5 cm³/mol. The van der Waals surface area contributed by atoms with Gasteiger partial charge in [0.25, 0.3) is 0 Å². The highest BCUT2D eigenvalue weighted by Crippen LogP contribution is 2.27. The minimum Gasteiger partial charge on any atom is -0.480 e. The van der Waals surface area contributed by atoms with Gasteiger partial charge < -0.3 is 9.84 Å². The SMILES string of the molecule is COC(=O)C(C)NC1(C(=O)O)CCSCC1. The molecule has 1 fully saturated rings. The highest BCUT2D eigenvalue weighted by molar-refractivity contribution is 7.99. The van der Waals surface area contributed by atoms with Crippen LogP contribution in [0.3, 0.4) is 0 Å². The highest BCUT2D eigenvalue weighted by atomic mass is 32.2. The van der Waals surface area contributed by atoms with Gasteiger partial charge in [-0.25, -0.2) is 0 Å². The van der Waals surface area contributed by atoms with Crippen LogP contribution in [0.2, 0.25) is 0 Å². The van der Waals surface area contributed by atoms with Gasteiger partial charge in [0, 0.05) is 0 Å². The van der Waals surface area contributed by atoms with Crippen LogP contribution in [0.5, 0.6) is 0 Å². The number of aliphatic carboxylic acids is 1. The highest BCUT2D eigenvalue weighted by Gasteiger charge is 2.41. The summed E-state index contributed by atoms with van der Waals surface area (Å²) in [5, 5.41) is 12.2. The van der Waals surface area contributed by atoms with Crippen LogP contribution in [0.1, 0.15) is 19.8 Å². The van der Waals surface area contributed by atoms with E-state index in [-0.39, 0.29) is 0 Å². The van der Waals surface area contributed by atoms with Gasteiger partial charge in [-0.15, -0.1) is 0 Å². The maximum Gasteiger partial charge on any atom is 0.323 e. The van der Waals surface area contributed by atoms with Crippen LogP contribution >= 0.6 is 11.8 Å². The first-order valence-corrected chi connectivity index (χ1v) is 6.34. The Morgan fingerprint density at radius 1 is 1.44 bits per heavy atom. The molecule has 1 rings (SSSR count). The normalized spacial score (nSPS) is 21.1. The molecule has 0 aliphatic carbocycles. The molecule has 0 aromatic carbocycles. The van der Waals surface area contributed by atoms with Crippen LogP contribution in [0.25, 0.3) is 0 Å². The molecule has 0 aromatic rings. The van der Waals surface area contributed by atoms with Gasteiger partial charge in [0.05, 0.1) is 7.11 Å². The molecule has 1 unspecified atom stereocenters. The molecule has 0 spiro atoms. The van der Waals surface area contributed by atoms with Gasteiger partial charge in [-0.3, -0.25) is 14.9 Å². The molecular weight excluding hydrogens is 230 g/mol. The first-order valence-electron chi connectivity index (χ1n) is 5.18. The number of carbonyl (C=O) groups is 2. The maximum absolute atomic E-state index is 11.3. The number of carbonyl (C=O) groups excluding carboxylic acids is 1. The Bertz CT molecular complexity index is 276. The van der Waals surface area contributed by atoms with Crippen molar-refractivity contribution in [2.75, 3.05) is 18.6 Å². The maximum atomic E-state index is 11.3. The zero-order chi connectivity index (χ0) is 12.2. The first-order chi connectivity index (χ1) is 7.52. The van der Waals surface area contributed by atoms with Gasteiger partial charge in [-0.05, 0) is 31.3 Å². The minimum absolute atomic E-state index is 0.432. The van der Waals surface area contributed by atoms with Gasteiger partial charge in [-0.2, -0.15) is 11.8 Å². The first kappa shape index (κ1) is 13.3. The zero-order valence-corrected chi connectivity index (χ0v) is 10.3. The van der Waals surface area contributed by atoms with Crippen LogP contribution in [0.15, 0.2) is 0 Å². The molecule has 16 heavy (non-hydrogen) atoms. The summed E-state index contributed by atoms with van der Waals surface area (Å²) in [4.78, 5) is 22.6. The average Bonchev–Trinajstić information content (AvgIpc) is 2.28. The van der Waals surface area contributed by atoms with Crippen molar-refractivity contribution in [1.29, 1.82) is 0 Å². The molecule has 92 valence electrons. The van der Waals surface area contributed by atoms with Crippen molar-refractivity contribution in [3.8, 4) is 0 Å². The van der Waals surface area contributed by atoms with E-state index in [9.17, 15) is 14.7 Å². The van der Waals surface area contributed by atoms with E-state index in [0.29, 0.717) is 12.8 Å². The number of ether oxygens (including phenoxy) is 1. The molecule has 1 heterocycles. The molecule has 2 N–H and O–H groups in total. The number of thioether (sulfide) groups is 1. The second kappa shape index (κ2) is 5.54. The third-order valence-corrected chi connectivity index (χ3v) is 3.79. The molecule has 0 radical (unpaired) electrons. The fourth-order valence-electron chi connectivity index (χ4n) is 1.79. The van der Waals surface area contributed by atoms with Crippen molar-refractivity contribution in [2.24, 2.45) is 0 Å². The van der Waals surface area contributed by atoms with Crippen molar-refractivity contribution in [3.63, 3.8) is 0 Å². The summed E-state index contributed by atoms with van der Waals surface area (Å²) < 4.78 is 4.58. The van der Waals surface area contributed by atoms with Crippen molar-refractivity contribution >= 4 is 23.7 Å². The topological polar surface area (TPSA) is 75.6 Å². The van der Waals surface area contributed by atoms with E-state index in [2.05, 4.69) is 10.1 Å². The molecule has 0 amide bonds. The smallest absolute Gasteiger partial charge is 0.323 e. The van der Waals surface area contributed by atoms with E-state index in [0.717, 1.165) is 11.5 Å². The van der Waals surface area contributed by atoms with E-state index in [4.69, 9.17) is 0 Å². The molecule has 1 saturated heterocycles. The van der Waals surface area contributed by atoms with Crippen molar-refractivity contribution in [3.05, 3.63) is 0 Å². The number of carboxylic acid groups (broad SMARTS) is 1. The van der Waals surface area contributed by atoms with E-state index in [1.165, 1.54) is 7.11 Å². The fraction of sp³-hybridized carbons (Fsp3) is 0.800. The summed E-state index contributed by atoms with van der Waals surface area (Å²) >= 11 is 1.74. The van der Waals surface area contributed by atoms with E-state index < -0.39 is 23.5 Å². The molecule has 0 aromatic heterocycles. The lowest BCUT2D eigenvalue weighted by Crippen LogP contribution is -2.59. The van der Waals surface area contributed by atoms with Gasteiger partial charge >= 0.3 is 11.9 Å². The van der Waals surface area contributed by atoms with E-state index in [1.807, 2.05) is 0 Å². The monoisotopic (exact) mass is 247 g/mol. The summed E-state index contributed by atoms with van der Waals surface area (Å²) in [6.45, 7) is 1.62. The summed E-state index contributed by atoms with van der Waals surface area (Å²) in [6.07, 6.45) is 1.07. The average molecular weight is 247 g/mol. The van der Waals surface area contributed by atoms with Crippen LogP contribution < -0.4 is 5.32 Å². The summed E-state index contributed by atoms with van der Waals surface area (Å²) in [5.41, 5.74) is -0.973. The van der Waals surface area contributed by atoms with Gasteiger partial charge in [0.2, 0.25) is 0 Å². The summed E-state index contributed by atoms with van der Waals surface area (Å²) in [7, 11) is 1.30. The Balaban J connectivity index is 2.71. The number of rotatable bonds is 4. The van der Waals surface area contributed by atoms with E-state index >= 15 is 0 Å². The van der Waals surface area contributed by atoms with Gasteiger partial charge in [0.15, 0.2) is 0 Å². The number of hydrogen-bond donors (Lipinski definition) is 2. The van der Waals surface area contributed by atoms with Crippen LogP contribution in [0, 0.1) is 0 Å². The molecule has 1 aliphatic heterocycles. The number of hydrogen-bond acceptors (Lipinski definition) is 5. The van der Waals surface area contributed by atoms with Gasteiger partial charge in [0.1, 0.15) is 11.6 Å². The molecular formula is C10H17NO4S. The minimum atomic E-state index is -0.973. The Kier molecular flexibility index (Phi) is 4.61. The second-order valence-electron chi connectivity index (χ2n) is 3.89. The summed E-state index contributed by atoms with van der Waals surface area (Å²) in [6, 6.07) is -0.593. The number of nitrogens with one attached hydrogen (secondary N) is 1. The quantitative estimate of drug-likeness (QED) is 0.704. The Labute approximate surface area is 98.9 Å². The van der Waals surface area contributed by atoms with Crippen molar-refractivity contribution in [1.82, 2.24) is 5.32 Å². The van der Waals surface area contributed by atoms with Crippen LogP contribution in [0.4, 0.5) is 0 Å². The van der Waals surface area contributed by atoms with E-state index in [1.54, 1.807) is 18.7 Å². The van der Waals surface area contributed by atoms with Crippen molar-refractivity contribution in [2.45, 2.75) is 31.3 Å². The Morgan fingerprint density at radius 2 is 2.00 bits per heavy atom. The second-order valence-corrected chi connectivity index (χ2v) is 5.11. The number of carboxylic acids is 1. The Hall–Kier alpha value is -0.750. The largest absolute Gasteiger partial charge is 0.480 e. The van der Waals surface area contributed by atoms with Gasteiger partial charge in [-0.1, -0.05) is 0 Å². The number of methoxy groups -OCH3 is 1. The third-order valence-electron chi connectivity index (χ3n) is 2.80. The van der Waals surface area contributed by atoms with Crippen molar-refractivity contribution < 1.29 is 19.4 Å². The third kappa shape index (κ3) is 2.89. The zero-order valence-electron chi connectivity index (χ0n) is 9.49. The summed E-state index contributed by atoms with van der Waals surface area (Å²) in [5.74, 6) is 0.280. The predicted octanol–water partition coefficient (Wildman–Crippen LogP) is 0.488. The molecule has 1 atom stereocenters. The van der Waals surface area contributed by atoms with Crippen LogP contribution in [-0.4, -0.2) is 47.2 Å². The fourth-order valence-corrected chi connectivity index (χ4v) is 2.98. The molecule has 1 aliphatic rings. The lowest BCUT2D eigenvalue weighted by molar-refractivity contribution is -0.148. The molecule has 5 nitrogen and oxygen atoms in total. The molecule has 0 saturated carbocycles. The standard InChI is InChI=1S/C10H17NO4S/c1-7(8(12)15-2)11-10(9(13)14)3-5-16-6-4-10/h7,11H,3-6H2,1-2H3,(H,13,14).